The molecule has 0 saturated carbocycles. The summed E-state index contributed by atoms with van der Waals surface area (Å²) in [6.45, 7) is 11.3. The van der Waals surface area contributed by atoms with Crippen LogP contribution in [0.15, 0.2) is 18.3 Å². The summed E-state index contributed by atoms with van der Waals surface area (Å²) >= 11 is 0. The lowest BCUT2D eigenvalue weighted by molar-refractivity contribution is -0.919. The van der Waals surface area contributed by atoms with Gasteiger partial charge in [0.05, 0.1) is 18.8 Å². The van der Waals surface area contributed by atoms with Gasteiger partial charge in [-0.2, -0.15) is 0 Å². The molecule has 0 unspecified atom stereocenters. The Balaban J connectivity index is 1.91. The van der Waals surface area contributed by atoms with E-state index in [1.165, 1.54) is 16.2 Å². The van der Waals surface area contributed by atoms with Crippen LogP contribution >= 0.6 is 0 Å². The molecule has 5 nitrogen and oxygen atoms in total. The Hall–Kier alpha value is -1.88. The number of aryl methyl sites for hydroxylation is 1. The van der Waals surface area contributed by atoms with E-state index in [0.29, 0.717) is 12.8 Å². The molecule has 2 aromatic rings. The van der Waals surface area contributed by atoms with Gasteiger partial charge in [-0.25, -0.2) is 4.98 Å². The summed E-state index contributed by atoms with van der Waals surface area (Å²) in [6.07, 6.45) is 3.50. The van der Waals surface area contributed by atoms with E-state index < -0.39 is 5.97 Å². The first kappa shape index (κ1) is 17.0. The third kappa shape index (κ3) is 3.18. The van der Waals surface area contributed by atoms with Gasteiger partial charge in [0.25, 0.3) is 0 Å². The number of likely N-dealkylation sites (tertiary alicyclic amines) is 1. The lowest BCUT2D eigenvalue weighted by Crippen LogP contribution is -3.12. The largest absolute Gasteiger partial charge is 0.550 e. The summed E-state index contributed by atoms with van der Waals surface area (Å²) < 4.78 is 2.22. The fourth-order valence-electron chi connectivity index (χ4n) is 3.70. The molecule has 1 N–H and O–H groups in total. The Morgan fingerprint density at radius 2 is 2.04 bits per heavy atom. The first-order chi connectivity index (χ1) is 11.3. The van der Waals surface area contributed by atoms with Crippen molar-refractivity contribution in [3.63, 3.8) is 0 Å². The maximum absolute atomic E-state index is 11.0. The molecule has 1 saturated heterocycles. The van der Waals surface area contributed by atoms with E-state index in [1.54, 1.807) is 0 Å². The Morgan fingerprint density at radius 3 is 2.62 bits per heavy atom. The number of hydrogen-bond donors (Lipinski definition) is 1. The smallest absolute Gasteiger partial charge is 0.140 e. The van der Waals surface area contributed by atoms with Gasteiger partial charge in [-0.3, -0.25) is 4.40 Å². The van der Waals surface area contributed by atoms with Crippen molar-refractivity contribution < 1.29 is 14.8 Å². The zero-order valence-corrected chi connectivity index (χ0v) is 15.1. The van der Waals surface area contributed by atoms with Crippen molar-refractivity contribution in [2.24, 2.45) is 5.92 Å². The van der Waals surface area contributed by atoms with Crippen molar-refractivity contribution in [3.8, 4) is 0 Å². The van der Waals surface area contributed by atoms with Crippen molar-refractivity contribution in [1.82, 2.24) is 9.38 Å². The average molecular weight is 329 g/mol. The Bertz CT molecular complexity index is 750. The number of carbonyl (C=O) groups excluding carboxylic acids is 1. The van der Waals surface area contributed by atoms with Crippen LogP contribution in [0, 0.1) is 12.8 Å². The molecule has 0 spiro atoms. The Labute approximate surface area is 143 Å². The summed E-state index contributed by atoms with van der Waals surface area (Å²) in [5.74, 6) is -1.17. The second-order valence-electron chi connectivity index (χ2n) is 8.06. The Morgan fingerprint density at radius 1 is 1.38 bits per heavy atom. The molecule has 3 heterocycles. The van der Waals surface area contributed by atoms with Gasteiger partial charge in [-0.05, 0) is 18.6 Å². The van der Waals surface area contributed by atoms with E-state index in [9.17, 15) is 9.90 Å². The van der Waals surface area contributed by atoms with E-state index in [-0.39, 0.29) is 11.3 Å². The quantitative estimate of drug-likeness (QED) is 0.891. The van der Waals surface area contributed by atoms with Gasteiger partial charge in [-0.1, -0.05) is 26.8 Å². The summed E-state index contributed by atoms with van der Waals surface area (Å²) in [4.78, 5) is 17.4. The van der Waals surface area contributed by atoms with E-state index in [2.05, 4.69) is 50.4 Å². The van der Waals surface area contributed by atoms with Gasteiger partial charge in [0.2, 0.25) is 0 Å². The monoisotopic (exact) mass is 329 g/mol. The molecule has 0 atom stereocenters. The SMILES string of the molecule is Cc1cccn2c(C[NH+]3CCC(C(=O)[O-])CC3)c(C(C)(C)C)nc12. The van der Waals surface area contributed by atoms with E-state index in [1.807, 2.05) is 0 Å². The molecule has 0 radical (unpaired) electrons. The van der Waals surface area contributed by atoms with Gasteiger partial charge in [0.1, 0.15) is 17.9 Å². The minimum Gasteiger partial charge on any atom is -0.550 e. The number of hydrogen-bond acceptors (Lipinski definition) is 3. The van der Waals surface area contributed by atoms with Gasteiger partial charge in [0, 0.05) is 36.3 Å². The number of rotatable bonds is 3. The molecule has 1 aliphatic heterocycles. The number of aromatic nitrogens is 2. The van der Waals surface area contributed by atoms with Crippen LogP contribution in [0.1, 0.15) is 50.6 Å². The normalized spacial score (nSPS) is 22.0. The highest BCUT2D eigenvalue weighted by Crippen LogP contribution is 2.27. The predicted molar refractivity (Wildman–Crippen MR) is 90.8 cm³/mol. The minimum atomic E-state index is -0.894. The molecular weight excluding hydrogens is 302 g/mol. The van der Waals surface area contributed by atoms with Crippen LogP contribution in [0.2, 0.25) is 0 Å². The minimum absolute atomic E-state index is 0.0173. The number of nitrogens with zero attached hydrogens (tertiary/aromatic N) is 2. The number of quaternary nitrogens is 1. The number of imidazole rings is 1. The van der Waals surface area contributed by atoms with Gasteiger partial charge in [-0.15, -0.1) is 0 Å². The van der Waals surface area contributed by atoms with Crippen molar-refractivity contribution >= 4 is 11.6 Å². The van der Waals surface area contributed by atoms with Crippen molar-refractivity contribution in [2.45, 2.75) is 52.5 Å². The number of fused-ring (bicyclic) bond motifs is 1. The number of piperidine rings is 1. The van der Waals surface area contributed by atoms with Crippen molar-refractivity contribution in [2.75, 3.05) is 13.1 Å². The van der Waals surface area contributed by atoms with Crippen LogP contribution in [0.25, 0.3) is 5.65 Å². The fourth-order valence-corrected chi connectivity index (χ4v) is 3.70. The van der Waals surface area contributed by atoms with Crippen LogP contribution in [0.3, 0.4) is 0 Å². The van der Waals surface area contributed by atoms with Crippen molar-refractivity contribution in [3.05, 3.63) is 35.3 Å². The second kappa shape index (κ2) is 6.20. The zero-order chi connectivity index (χ0) is 17.5. The lowest BCUT2D eigenvalue weighted by Gasteiger charge is -2.30. The molecule has 5 heteroatoms. The van der Waals surface area contributed by atoms with E-state index in [4.69, 9.17) is 4.98 Å². The standard InChI is InChI=1S/C19H27N3O2/c1-13-6-5-9-22-15(16(19(2,3)4)20-17(13)22)12-21-10-7-14(8-11-21)18(23)24/h5-6,9,14H,7-8,10-12H2,1-4H3,(H,23,24). The molecule has 0 aliphatic carbocycles. The Kier molecular flexibility index (Phi) is 4.38. The maximum Gasteiger partial charge on any atom is 0.140 e. The predicted octanol–water partition coefficient (Wildman–Crippen LogP) is 0.485. The van der Waals surface area contributed by atoms with Crippen LogP contribution in [0.4, 0.5) is 0 Å². The number of carboxylic acid groups (broad SMARTS) is 1. The highest BCUT2D eigenvalue weighted by atomic mass is 16.4. The highest BCUT2D eigenvalue weighted by Gasteiger charge is 2.29. The highest BCUT2D eigenvalue weighted by molar-refractivity contribution is 5.67. The lowest BCUT2D eigenvalue weighted by atomic mass is 9.90. The molecule has 130 valence electrons. The third-order valence-electron chi connectivity index (χ3n) is 5.10. The second-order valence-corrected chi connectivity index (χ2v) is 8.06. The number of nitrogens with one attached hydrogen (secondary N) is 1. The van der Waals surface area contributed by atoms with E-state index in [0.717, 1.165) is 31.0 Å². The fraction of sp³-hybridized carbons (Fsp3) is 0.579. The summed E-state index contributed by atoms with van der Waals surface area (Å²) in [5.41, 5.74) is 4.59. The first-order valence-electron chi connectivity index (χ1n) is 8.79. The molecule has 24 heavy (non-hydrogen) atoms. The molecule has 1 aliphatic rings. The molecule has 0 aromatic carbocycles. The number of aliphatic carboxylic acids is 1. The van der Waals surface area contributed by atoms with Crippen LogP contribution in [0.5, 0.6) is 0 Å². The zero-order valence-electron chi connectivity index (χ0n) is 15.1. The first-order valence-corrected chi connectivity index (χ1v) is 8.79. The number of pyridine rings is 1. The summed E-state index contributed by atoms with van der Waals surface area (Å²) in [6, 6.07) is 4.16. The number of carboxylic acids is 1. The summed E-state index contributed by atoms with van der Waals surface area (Å²) in [5, 5.41) is 11.0. The topological polar surface area (TPSA) is 61.9 Å². The van der Waals surface area contributed by atoms with Crippen LogP contribution in [-0.2, 0) is 16.8 Å². The maximum atomic E-state index is 11.0. The van der Waals surface area contributed by atoms with Gasteiger partial charge in [0.15, 0.2) is 0 Å². The van der Waals surface area contributed by atoms with Gasteiger partial charge < -0.3 is 14.8 Å². The van der Waals surface area contributed by atoms with E-state index >= 15 is 0 Å². The van der Waals surface area contributed by atoms with Crippen LogP contribution < -0.4 is 10.0 Å². The van der Waals surface area contributed by atoms with Gasteiger partial charge >= 0.3 is 0 Å². The molecule has 2 aromatic heterocycles. The summed E-state index contributed by atoms with van der Waals surface area (Å²) in [7, 11) is 0. The molecule has 1 fully saturated rings. The van der Waals surface area contributed by atoms with Crippen molar-refractivity contribution in [1.29, 1.82) is 0 Å². The molecule has 0 amide bonds. The average Bonchev–Trinajstić information content (AvgIpc) is 2.88. The number of carbonyl (C=O) groups is 1. The molecule has 0 bridgehead atoms. The molecule has 3 rings (SSSR count). The third-order valence-corrected chi connectivity index (χ3v) is 5.10. The van der Waals surface area contributed by atoms with Crippen LogP contribution in [-0.4, -0.2) is 28.4 Å². The molecular formula is C19H27N3O2.